The number of aromatic amines is 1. The lowest BCUT2D eigenvalue weighted by Gasteiger charge is -2.11. The molecule has 0 unspecified atom stereocenters. The van der Waals surface area contributed by atoms with Gasteiger partial charge in [0.05, 0.1) is 28.0 Å². The number of fused-ring (bicyclic) bond motifs is 2. The van der Waals surface area contributed by atoms with Crippen LogP contribution in [0.1, 0.15) is 11.4 Å². The number of hydrogen-bond acceptors (Lipinski definition) is 5. The molecule has 10 heteroatoms. The normalized spacial score (nSPS) is 12.0. The summed E-state index contributed by atoms with van der Waals surface area (Å²) >= 11 is 0. The topological polar surface area (TPSA) is 81.0 Å². The van der Waals surface area contributed by atoms with Crippen LogP contribution in [0.2, 0.25) is 0 Å². The van der Waals surface area contributed by atoms with E-state index in [1.54, 1.807) is 22.8 Å². The quantitative estimate of drug-likeness (QED) is 0.448. The zero-order valence-electron chi connectivity index (χ0n) is 16.4. The Morgan fingerprint density at radius 2 is 1.84 bits per heavy atom. The third-order valence-electron chi connectivity index (χ3n) is 4.82. The zero-order chi connectivity index (χ0) is 21.8. The summed E-state index contributed by atoms with van der Waals surface area (Å²) in [7, 11) is 0. The Morgan fingerprint density at radius 1 is 1.03 bits per heavy atom. The van der Waals surface area contributed by atoms with Crippen LogP contribution in [0, 0.1) is 13.8 Å². The highest BCUT2D eigenvalue weighted by molar-refractivity contribution is 5.84. The Bertz CT molecular complexity index is 1400. The molecule has 5 rings (SSSR count). The Balaban J connectivity index is 1.58. The Hall–Kier alpha value is -3.95. The minimum atomic E-state index is -4.80. The van der Waals surface area contributed by atoms with Crippen LogP contribution in [0.25, 0.3) is 39.5 Å². The number of H-pyrrole nitrogens is 1. The van der Waals surface area contributed by atoms with Crippen molar-refractivity contribution < 1.29 is 17.9 Å². The monoisotopic (exact) mass is 424 g/mol. The van der Waals surface area contributed by atoms with Gasteiger partial charge in [-0.3, -0.25) is 4.98 Å². The largest absolute Gasteiger partial charge is 0.573 e. The predicted molar refractivity (Wildman–Crippen MR) is 107 cm³/mol. The second kappa shape index (κ2) is 6.79. The molecule has 7 nitrogen and oxygen atoms in total. The van der Waals surface area contributed by atoms with Gasteiger partial charge in [-0.2, -0.15) is 0 Å². The molecule has 31 heavy (non-hydrogen) atoms. The van der Waals surface area contributed by atoms with Gasteiger partial charge in [0.25, 0.3) is 0 Å². The van der Waals surface area contributed by atoms with Crippen LogP contribution < -0.4 is 4.74 Å². The first-order chi connectivity index (χ1) is 14.8. The molecule has 3 heterocycles. The molecule has 0 saturated heterocycles. The molecule has 0 saturated carbocycles. The molecule has 0 spiro atoms. The first kappa shape index (κ1) is 19.0. The lowest BCUT2D eigenvalue weighted by atomic mass is 10.2. The van der Waals surface area contributed by atoms with E-state index in [0.29, 0.717) is 22.5 Å². The SMILES string of the molecule is Cc1ncc(C)n2nc(-c3ccc4nc(-c5ccccc5OC(F)(F)F)[nH]c4c3)nc12. The number of nitrogens with zero attached hydrogens (tertiary/aromatic N) is 5. The highest BCUT2D eigenvalue weighted by Crippen LogP contribution is 2.33. The minimum absolute atomic E-state index is 0.209. The van der Waals surface area contributed by atoms with E-state index < -0.39 is 6.36 Å². The number of alkyl halides is 3. The molecule has 2 aromatic carbocycles. The predicted octanol–water partition coefficient (Wildman–Crippen LogP) is 4.85. The molecule has 0 aliphatic heterocycles. The summed E-state index contributed by atoms with van der Waals surface area (Å²) in [5.74, 6) is 0.457. The summed E-state index contributed by atoms with van der Waals surface area (Å²) in [6.07, 6.45) is -3.07. The molecule has 0 aliphatic carbocycles. The molecule has 0 aliphatic rings. The number of halogens is 3. The van der Waals surface area contributed by atoms with Crippen molar-refractivity contribution in [2.24, 2.45) is 0 Å². The highest BCUT2D eigenvalue weighted by Gasteiger charge is 2.32. The Labute approximate surface area is 173 Å². The third kappa shape index (κ3) is 3.45. The molecule has 0 atom stereocenters. The first-order valence-electron chi connectivity index (χ1n) is 9.33. The number of nitrogens with one attached hydrogen (secondary N) is 1. The number of ether oxygens (including phenoxy) is 1. The molecule has 3 aromatic heterocycles. The maximum Gasteiger partial charge on any atom is 0.573 e. The van der Waals surface area contributed by atoms with Gasteiger partial charge in [-0.25, -0.2) is 14.5 Å². The molecule has 0 fully saturated rings. The maximum absolute atomic E-state index is 12.8. The van der Waals surface area contributed by atoms with Gasteiger partial charge in [0.1, 0.15) is 11.6 Å². The number of imidazole rings is 1. The van der Waals surface area contributed by atoms with Crippen LogP contribution in [0.4, 0.5) is 13.2 Å². The molecule has 0 radical (unpaired) electrons. The summed E-state index contributed by atoms with van der Waals surface area (Å²) < 4.78 is 44.1. The summed E-state index contributed by atoms with van der Waals surface area (Å²) in [5, 5.41) is 4.56. The average molecular weight is 424 g/mol. The molecule has 1 N–H and O–H groups in total. The van der Waals surface area contributed by atoms with Gasteiger partial charge in [0.2, 0.25) is 0 Å². The van der Waals surface area contributed by atoms with Gasteiger partial charge >= 0.3 is 6.36 Å². The van der Waals surface area contributed by atoms with Crippen LogP contribution in [-0.4, -0.2) is 35.9 Å². The number of para-hydroxylation sites is 1. The van der Waals surface area contributed by atoms with Gasteiger partial charge in [-0.05, 0) is 44.2 Å². The van der Waals surface area contributed by atoms with Crippen LogP contribution in [-0.2, 0) is 0 Å². The fraction of sp³-hybridized carbons (Fsp3) is 0.143. The van der Waals surface area contributed by atoms with Crippen LogP contribution in [0.3, 0.4) is 0 Å². The van der Waals surface area contributed by atoms with Crippen molar-refractivity contribution >= 4 is 16.7 Å². The van der Waals surface area contributed by atoms with E-state index in [-0.39, 0.29) is 17.1 Å². The van der Waals surface area contributed by atoms with Gasteiger partial charge in [0, 0.05) is 11.8 Å². The van der Waals surface area contributed by atoms with E-state index in [1.807, 2.05) is 26.0 Å². The number of hydrogen-bond donors (Lipinski definition) is 1. The van der Waals surface area contributed by atoms with Crippen molar-refractivity contribution in [3.63, 3.8) is 0 Å². The van der Waals surface area contributed by atoms with E-state index in [1.165, 1.54) is 18.2 Å². The fourth-order valence-electron chi connectivity index (χ4n) is 3.37. The lowest BCUT2D eigenvalue weighted by Crippen LogP contribution is -2.17. The molecular weight excluding hydrogens is 409 g/mol. The van der Waals surface area contributed by atoms with Gasteiger partial charge in [-0.15, -0.1) is 18.3 Å². The van der Waals surface area contributed by atoms with Gasteiger partial charge in [0.15, 0.2) is 11.5 Å². The molecule has 156 valence electrons. The smallest absolute Gasteiger partial charge is 0.405 e. The summed E-state index contributed by atoms with van der Waals surface area (Å²) in [4.78, 5) is 16.4. The zero-order valence-corrected chi connectivity index (χ0v) is 16.4. The van der Waals surface area contributed by atoms with Crippen molar-refractivity contribution in [1.82, 2.24) is 29.5 Å². The van der Waals surface area contributed by atoms with E-state index >= 15 is 0 Å². The van der Waals surface area contributed by atoms with Crippen molar-refractivity contribution in [3.05, 3.63) is 60.0 Å². The van der Waals surface area contributed by atoms with E-state index in [9.17, 15) is 13.2 Å². The Kier molecular flexibility index (Phi) is 4.17. The number of aromatic nitrogens is 6. The van der Waals surface area contributed by atoms with E-state index in [2.05, 4.69) is 29.8 Å². The number of benzene rings is 2. The molecule has 5 aromatic rings. The molecule has 0 bridgehead atoms. The number of aryl methyl sites for hydroxylation is 2. The van der Waals surface area contributed by atoms with Crippen LogP contribution >= 0.6 is 0 Å². The van der Waals surface area contributed by atoms with Gasteiger partial charge < -0.3 is 9.72 Å². The van der Waals surface area contributed by atoms with Crippen molar-refractivity contribution in [2.75, 3.05) is 0 Å². The second-order valence-electron chi connectivity index (χ2n) is 7.02. The van der Waals surface area contributed by atoms with Crippen molar-refractivity contribution in [1.29, 1.82) is 0 Å². The third-order valence-corrected chi connectivity index (χ3v) is 4.82. The molecule has 0 amide bonds. The minimum Gasteiger partial charge on any atom is -0.405 e. The fourth-order valence-corrected chi connectivity index (χ4v) is 3.37. The van der Waals surface area contributed by atoms with Crippen LogP contribution in [0.5, 0.6) is 5.75 Å². The van der Waals surface area contributed by atoms with Crippen molar-refractivity contribution in [3.8, 4) is 28.5 Å². The summed E-state index contributed by atoms with van der Waals surface area (Å²) in [5.41, 5.74) is 4.46. The van der Waals surface area contributed by atoms with E-state index in [4.69, 9.17) is 0 Å². The Morgan fingerprint density at radius 3 is 2.61 bits per heavy atom. The summed E-state index contributed by atoms with van der Waals surface area (Å²) in [6, 6.07) is 11.3. The molecular formula is C21H15F3N6O. The highest BCUT2D eigenvalue weighted by atomic mass is 19.4. The summed E-state index contributed by atoms with van der Waals surface area (Å²) in [6.45, 7) is 3.75. The number of rotatable bonds is 3. The van der Waals surface area contributed by atoms with Crippen molar-refractivity contribution in [2.45, 2.75) is 20.2 Å². The standard InChI is InChI=1S/C21H15F3N6O/c1-11-10-25-12(2)20-28-18(29-30(11)20)13-7-8-15-16(9-13)27-19(26-15)14-5-3-4-6-17(14)31-21(22,23)24/h3-10H,1-2H3,(H,26,27). The van der Waals surface area contributed by atoms with Gasteiger partial charge in [-0.1, -0.05) is 12.1 Å². The van der Waals surface area contributed by atoms with Crippen LogP contribution in [0.15, 0.2) is 48.7 Å². The second-order valence-corrected chi connectivity index (χ2v) is 7.02. The maximum atomic E-state index is 12.8. The lowest BCUT2D eigenvalue weighted by molar-refractivity contribution is -0.274. The van der Waals surface area contributed by atoms with E-state index in [0.717, 1.165) is 17.0 Å². The average Bonchev–Trinajstić information content (AvgIpc) is 3.34. The first-order valence-corrected chi connectivity index (χ1v) is 9.33.